The molecular weight excluding hydrogens is 366 g/mol. The molecule has 0 N–H and O–H groups in total. The molecule has 0 aliphatic carbocycles. The van der Waals surface area contributed by atoms with Crippen LogP contribution in [-0.4, -0.2) is 29.3 Å². The predicted octanol–water partition coefficient (Wildman–Crippen LogP) is 3.13. The Hall–Kier alpha value is -1.27. The van der Waals surface area contributed by atoms with Gasteiger partial charge in [0.15, 0.2) is 0 Å². The summed E-state index contributed by atoms with van der Waals surface area (Å²) in [5.74, 6) is 0. The van der Waals surface area contributed by atoms with Gasteiger partial charge in [-0.3, -0.25) is 0 Å². The summed E-state index contributed by atoms with van der Waals surface area (Å²) in [6.07, 6.45) is 11.2. The molecule has 0 radical (unpaired) electrons. The third-order valence-electron chi connectivity index (χ3n) is 2.90. The maximum absolute atomic E-state index is 4.80. The zero-order chi connectivity index (χ0) is 16.1. The Morgan fingerprint density at radius 2 is 1.05 bits per heavy atom. The molecule has 0 aliphatic rings. The average Bonchev–Trinajstić information content (AvgIpc) is 3.16. The van der Waals surface area contributed by atoms with Gasteiger partial charge in [-0.05, 0) is 37.5 Å². The quantitative estimate of drug-likeness (QED) is 0.655. The second-order valence-corrected chi connectivity index (χ2v) is 6.84. The first-order valence-corrected chi connectivity index (χ1v) is 9.69. The Bertz CT molecular complexity index is 624. The van der Waals surface area contributed by atoms with Gasteiger partial charge in [0, 0.05) is 18.6 Å². The van der Waals surface area contributed by atoms with E-state index in [1.165, 1.54) is 0 Å². The fourth-order valence-corrected chi connectivity index (χ4v) is 2.04. The van der Waals surface area contributed by atoms with Crippen molar-refractivity contribution in [3.8, 4) is 0 Å². The topological polar surface area (TPSA) is 53.5 Å². The van der Waals surface area contributed by atoms with Gasteiger partial charge in [-0.15, -0.1) is 0 Å². The molecule has 0 atom stereocenters. The minimum atomic E-state index is -0.212. The average molecular weight is 382 g/mol. The van der Waals surface area contributed by atoms with E-state index in [1.54, 1.807) is 0 Å². The van der Waals surface area contributed by atoms with Gasteiger partial charge in [0.05, 0.1) is 18.6 Å². The molecule has 0 amide bonds. The van der Waals surface area contributed by atoms with E-state index < -0.39 is 0 Å². The molecule has 0 aliphatic heterocycles. The molecule has 0 bridgehead atoms. The summed E-state index contributed by atoms with van der Waals surface area (Å²) in [6.45, 7) is 6.05. The number of hydrogen-bond acceptors (Lipinski definition) is 3. The van der Waals surface area contributed by atoms with Crippen LogP contribution in [0.2, 0.25) is 0 Å². The van der Waals surface area contributed by atoms with Crippen LogP contribution in [0.1, 0.15) is 23.0 Å². The van der Waals surface area contributed by atoms with Gasteiger partial charge >= 0.3 is 33.3 Å². The van der Waals surface area contributed by atoms with E-state index in [-0.39, 0.29) is 19.4 Å². The molecule has 0 spiro atoms. The second-order valence-electron chi connectivity index (χ2n) is 4.89. The van der Waals surface area contributed by atoms with Gasteiger partial charge < -0.3 is 0 Å². The van der Waals surface area contributed by atoms with Gasteiger partial charge in [-0.1, -0.05) is 0 Å². The fraction of sp³-hybridized carbons (Fsp3) is 0.308. The molecule has 22 heavy (non-hydrogen) atoms. The van der Waals surface area contributed by atoms with Crippen molar-refractivity contribution in [1.82, 2.24) is 29.3 Å². The number of aromatic nitrogens is 6. The summed E-state index contributed by atoms with van der Waals surface area (Å²) >= 11 is 0.00694. The van der Waals surface area contributed by atoms with E-state index in [4.69, 9.17) is 20.2 Å². The third-order valence-corrected chi connectivity index (χ3v) is 2.90. The van der Waals surface area contributed by atoms with E-state index in [9.17, 15) is 0 Å². The first-order chi connectivity index (χ1) is 10.5. The Morgan fingerprint density at radius 3 is 1.23 bits per heavy atom. The van der Waals surface area contributed by atoms with Crippen molar-refractivity contribution in [3.63, 3.8) is 0 Å². The van der Waals surface area contributed by atoms with E-state index in [1.807, 2.05) is 72.0 Å². The van der Waals surface area contributed by atoms with Gasteiger partial charge in [-0.2, -0.15) is 15.3 Å². The van der Waals surface area contributed by atoms with Gasteiger partial charge in [0.25, 0.3) is 0 Å². The first kappa shape index (κ1) is 17.1. The zero-order valence-corrected chi connectivity index (χ0v) is 15.1. The molecule has 0 fully saturated rings. The molecule has 0 unspecified atom stereocenters. The third kappa shape index (κ3) is 4.14. The number of halogens is 2. The van der Waals surface area contributed by atoms with Crippen molar-refractivity contribution in [3.05, 3.63) is 53.9 Å². The molecule has 0 saturated heterocycles. The van der Waals surface area contributed by atoms with Crippen LogP contribution in [0.3, 0.4) is 0 Å². The van der Waals surface area contributed by atoms with E-state index in [0.29, 0.717) is 0 Å². The Labute approximate surface area is 143 Å². The Kier molecular flexibility index (Phi) is 6.08. The molecular formula is C13H16Cl2MnN6. The summed E-state index contributed by atoms with van der Waals surface area (Å²) in [4.78, 5) is 0. The zero-order valence-electron chi connectivity index (χ0n) is 12.4. The summed E-state index contributed by atoms with van der Waals surface area (Å²) < 4.78 is 5.57. The van der Waals surface area contributed by atoms with Crippen LogP contribution in [0.15, 0.2) is 37.2 Å². The number of hydrogen-bond donors (Lipinski definition) is 0. The number of nitrogens with zero attached hydrogens (tertiary/aromatic N) is 6. The van der Waals surface area contributed by atoms with Crippen LogP contribution in [0.5, 0.6) is 0 Å². The Morgan fingerprint density at radius 1 is 0.773 bits per heavy atom. The van der Waals surface area contributed by atoms with Crippen LogP contribution in [0.4, 0.5) is 0 Å². The molecule has 3 aromatic rings. The van der Waals surface area contributed by atoms with Gasteiger partial charge in [0.1, 0.15) is 0 Å². The van der Waals surface area contributed by atoms with Crippen molar-refractivity contribution in [2.24, 2.45) is 0 Å². The molecule has 3 rings (SSSR count). The van der Waals surface area contributed by atoms with E-state index in [2.05, 4.69) is 15.3 Å². The number of rotatable bonds is 3. The van der Waals surface area contributed by atoms with Crippen molar-refractivity contribution < 1.29 is 13.1 Å². The molecule has 6 nitrogen and oxygen atoms in total. The molecule has 3 aromatic heterocycles. The van der Waals surface area contributed by atoms with Crippen LogP contribution in [-0.2, 0) is 13.1 Å². The molecule has 9 heteroatoms. The van der Waals surface area contributed by atoms with E-state index in [0.717, 1.165) is 16.7 Å². The summed E-state index contributed by atoms with van der Waals surface area (Å²) in [6, 6.07) is 0. The van der Waals surface area contributed by atoms with Gasteiger partial charge in [0.2, 0.25) is 6.29 Å². The van der Waals surface area contributed by atoms with Gasteiger partial charge in [-0.25, -0.2) is 14.0 Å². The van der Waals surface area contributed by atoms with Crippen LogP contribution < -0.4 is 0 Å². The van der Waals surface area contributed by atoms with Crippen LogP contribution in [0, 0.1) is 20.8 Å². The second kappa shape index (κ2) is 7.83. The summed E-state index contributed by atoms with van der Waals surface area (Å²) in [5, 5.41) is 13.1. The van der Waals surface area contributed by atoms with Crippen molar-refractivity contribution in [2.75, 3.05) is 0 Å². The SMILES string of the molecule is Cc1cnn(C(n2cc(C)cn2)n2cc(C)cn2)c1.[Cl][Mn][Cl]. The fourth-order valence-electron chi connectivity index (χ4n) is 2.04. The summed E-state index contributed by atoms with van der Waals surface area (Å²) in [7, 11) is 9.59. The Balaban J connectivity index is 0.000000545. The maximum atomic E-state index is 4.80. The standard InChI is InChI=1S/C13H16N6.2ClH.Mn/c1-10-4-14-17(7-10)13(18-8-11(2)5-15-18)19-9-12(3)6-16-19;;;/h4-9,13H,1-3H3;2*1H;/q;;;+2/p-2. The van der Waals surface area contributed by atoms with E-state index >= 15 is 0 Å². The first-order valence-electron chi connectivity index (χ1n) is 6.44. The summed E-state index contributed by atoms with van der Waals surface area (Å²) in [5.41, 5.74) is 3.33. The molecule has 119 valence electrons. The van der Waals surface area contributed by atoms with Crippen LogP contribution in [0.25, 0.3) is 0 Å². The minimum absolute atomic E-state index is 0.00694. The van der Waals surface area contributed by atoms with Crippen molar-refractivity contribution in [1.29, 1.82) is 0 Å². The molecule has 0 saturated carbocycles. The van der Waals surface area contributed by atoms with Crippen molar-refractivity contribution in [2.45, 2.75) is 27.1 Å². The molecule has 3 heterocycles. The van der Waals surface area contributed by atoms with Crippen molar-refractivity contribution >= 4 is 20.2 Å². The predicted molar refractivity (Wildman–Crippen MR) is 82.4 cm³/mol. The molecule has 0 aromatic carbocycles. The normalized spacial score (nSPS) is 10.6. The van der Waals surface area contributed by atoms with Crippen LogP contribution >= 0.6 is 20.2 Å². The number of aryl methyl sites for hydroxylation is 3. The monoisotopic (exact) mass is 381 g/mol.